The molecule has 3 heteroatoms. The van der Waals surface area contributed by atoms with E-state index in [-0.39, 0.29) is 22.8 Å². The van der Waals surface area contributed by atoms with Gasteiger partial charge in [-0.1, -0.05) is 30.4 Å². The van der Waals surface area contributed by atoms with E-state index < -0.39 is 0 Å². The summed E-state index contributed by atoms with van der Waals surface area (Å²) in [5, 5.41) is 11.5. The van der Waals surface area contributed by atoms with Crippen molar-refractivity contribution in [2.75, 3.05) is 0 Å². The molecular weight excluding hydrogens is 292 g/mol. The van der Waals surface area contributed by atoms with Crippen LogP contribution in [0, 0.1) is 0 Å². The molecule has 102 valence electrons. The Morgan fingerprint density at radius 3 is 2.30 bits per heavy atom. The van der Waals surface area contributed by atoms with E-state index in [2.05, 4.69) is 0 Å². The Morgan fingerprint density at radius 1 is 1.10 bits per heavy atom. The largest absolute Gasteiger partial charge is 2.00 e. The quantitative estimate of drug-likeness (QED) is 0.484. The predicted molar refractivity (Wildman–Crippen MR) is 75.1 cm³/mol. The van der Waals surface area contributed by atoms with Gasteiger partial charge in [-0.3, -0.25) is 0 Å². The first-order valence-electron chi connectivity index (χ1n) is 6.00. The summed E-state index contributed by atoms with van der Waals surface area (Å²) < 4.78 is 5.06. The standard InChI is InChI=1S/C12H10O2.C5H5.Fe/c13-12(10-4-1-2-5-10)8-7-11-6-3-9-14-11;1-2-4-5-3-1;/h1-9,13H;1-5H;/q;-1;+2/p-1/b8-7+;;. The van der Waals surface area contributed by atoms with E-state index in [1.165, 1.54) is 6.08 Å². The molecule has 1 aliphatic rings. The van der Waals surface area contributed by atoms with Crippen molar-refractivity contribution in [3.8, 4) is 0 Å². The number of allylic oxidation sites excluding steroid dienone is 6. The van der Waals surface area contributed by atoms with E-state index in [1.54, 1.807) is 36.6 Å². The normalized spacial score (nSPS) is 12.1. The van der Waals surface area contributed by atoms with Crippen LogP contribution < -0.4 is 5.11 Å². The summed E-state index contributed by atoms with van der Waals surface area (Å²) in [4.78, 5) is 0. The second kappa shape index (κ2) is 8.92. The van der Waals surface area contributed by atoms with Crippen LogP contribution in [0.1, 0.15) is 5.76 Å². The molecule has 0 saturated carbocycles. The number of furan rings is 1. The molecule has 3 rings (SSSR count). The predicted octanol–water partition coefficient (Wildman–Crippen LogP) is 3.44. The van der Waals surface area contributed by atoms with Crippen LogP contribution >= 0.6 is 0 Å². The Morgan fingerprint density at radius 2 is 1.80 bits per heavy atom. The molecule has 1 aliphatic carbocycles. The van der Waals surface area contributed by atoms with Crippen LogP contribution in [0.5, 0.6) is 0 Å². The van der Waals surface area contributed by atoms with E-state index in [9.17, 15) is 5.11 Å². The molecule has 0 amide bonds. The first-order valence-corrected chi connectivity index (χ1v) is 6.00. The van der Waals surface area contributed by atoms with E-state index >= 15 is 0 Å². The Balaban J connectivity index is 0.000000283. The van der Waals surface area contributed by atoms with Gasteiger partial charge in [0.1, 0.15) is 5.76 Å². The number of hydrogen-bond donors (Lipinski definition) is 0. The maximum Gasteiger partial charge on any atom is 2.00 e. The smallest absolute Gasteiger partial charge is 0.872 e. The van der Waals surface area contributed by atoms with Gasteiger partial charge >= 0.3 is 17.1 Å². The minimum absolute atomic E-state index is 0. The van der Waals surface area contributed by atoms with Crippen molar-refractivity contribution in [2.45, 2.75) is 0 Å². The molecule has 0 bridgehead atoms. The SMILES string of the molecule is [Fe+2].[O-]C(/C=C/c1ccco1)=C1C=CC=C1.c1cc[cH-]c1. The van der Waals surface area contributed by atoms with Gasteiger partial charge in [0.2, 0.25) is 0 Å². The molecule has 0 spiro atoms. The minimum Gasteiger partial charge on any atom is -0.872 e. The van der Waals surface area contributed by atoms with Crippen LogP contribution in [-0.2, 0) is 17.1 Å². The van der Waals surface area contributed by atoms with Gasteiger partial charge in [0.05, 0.1) is 6.26 Å². The van der Waals surface area contributed by atoms with E-state index in [0.29, 0.717) is 11.3 Å². The van der Waals surface area contributed by atoms with Crippen LogP contribution in [0.2, 0.25) is 0 Å². The Bertz CT molecular complexity index is 554. The molecule has 0 radical (unpaired) electrons. The zero-order valence-electron chi connectivity index (χ0n) is 10.8. The maximum atomic E-state index is 11.5. The summed E-state index contributed by atoms with van der Waals surface area (Å²) in [6.07, 6.45) is 12.0. The third-order valence-corrected chi connectivity index (χ3v) is 2.44. The summed E-state index contributed by atoms with van der Waals surface area (Å²) in [6.45, 7) is 0. The number of rotatable bonds is 2. The van der Waals surface area contributed by atoms with Crippen molar-refractivity contribution in [3.05, 3.63) is 96.2 Å². The molecule has 0 unspecified atom stereocenters. The summed E-state index contributed by atoms with van der Waals surface area (Å²) in [5.41, 5.74) is 0.702. The summed E-state index contributed by atoms with van der Waals surface area (Å²) in [6, 6.07) is 13.6. The van der Waals surface area contributed by atoms with Gasteiger partial charge in [-0.05, 0) is 23.8 Å². The first kappa shape index (κ1) is 16.0. The fraction of sp³-hybridized carbons (Fsp3) is 0. The van der Waals surface area contributed by atoms with Gasteiger partial charge in [-0.25, -0.2) is 12.1 Å². The maximum absolute atomic E-state index is 11.5. The minimum atomic E-state index is -0.00796. The van der Waals surface area contributed by atoms with Crippen LogP contribution in [0.25, 0.3) is 6.08 Å². The molecule has 1 aromatic carbocycles. The molecule has 0 saturated heterocycles. The Kier molecular flexibility index (Phi) is 7.12. The second-order valence-electron chi connectivity index (χ2n) is 3.85. The molecule has 2 nitrogen and oxygen atoms in total. The van der Waals surface area contributed by atoms with Gasteiger partial charge in [0.15, 0.2) is 0 Å². The third-order valence-electron chi connectivity index (χ3n) is 2.44. The average molecular weight is 306 g/mol. The Labute approximate surface area is 129 Å². The summed E-state index contributed by atoms with van der Waals surface area (Å²) >= 11 is 0. The number of hydrogen-bond acceptors (Lipinski definition) is 2. The zero-order valence-corrected chi connectivity index (χ0v) is 11.9. The molecule has 0 fully saturated rings. The molecule has 20 heavy (non-hydrogen) atoms. The fourth-order valence-electron chi connectivity index (χ4n) is 1.50. The van der Waals surface area contributed by atoms with Crippen molar-refractivity contribution in [1.82, 2.24) is 0 Å². The van der Waals surface area contributed by atoms with Crippen molar-refractivity contribution in [3.63, 3.8) is 0 Å². The molecule has 0 aliphatic heterocycles. The molecule has 1 aromatic heterocycles. The van der Waals surface area contributed by atoms with Gasteiger partial charge in [-0.2, -0.15) is 18.2 Å². The second-order valence-corrected chi connectivity index (χ2v) is 3.85. The molecular formula is C17H14FeO2. The van der Waals surface area contributed by atoms with Crippen LogP contribution in [0.3, 0.4) is 0 Å². The molecule has 0 N–H and O–H groups in total. The summed E-state index contributed by atoms with van der Waals surface area (Å²) in [7, 11) is 0. The van der Waals surface area contributed by atoms with Crippen LogP contribution in [0.4, 0.5) is 0 Å². The van der Waals surface area contributed by atoms with Gasteiger partial charge in [0.25, 0.3) is 0 Å². The van der Waals surface area contributed by atoms with E-state index in [0.717, 1.165) is 0 Å². The van der Waals surface area contributed by atoms with Gasteiger partial charge < -0.3 is 9.52 Å². The molecule has 0 atom stereocenters. The Hall–Kier alpha value is -2.09. The van der Waals surface area contributed by atoms with Gasteiger partial charge in [0, 0.05) is 0 Å². The van der Waals surface area contributed by atoms with Crippen LogP contribution in [-0.4, -0.2) is 0 Å². The van der Waals surface area contributed by atoms with E-state index in [4.69, 9.17) is 4.42 Å². The average Bonchev–Trinajstić information content (AvgIpc) is 3.21. The topological polar surface area (TPSA) is 36.2 Å². The molecule has 1 heterocycles. The monoisotopic (exact) mass is 306 g/mol. The molecule has 2 aromatic rings. The van der Waals surface area contributed by atoms with Crippen molar-refractivity contribution in [1.29, 1.82) is 0 Å². The van der Waals surface area contributed by atoms with Crippen molar-refractivity contribution >= 4 is 6.08 Å². The van der Waals surface area contributed by atoms with E-state index in [1.807, 2.05) is 42.5 Å². The zero-order chi connectivity index (χ0) is 13.3. The van der Waals surface area contributed by atoms with Crippen molar-refractivity contribution < 1.29 is 26.6 Å². The first-order chi connectivity index (χ1) is 9.36. The summed E-state index contributed by atoms with van der Waals surface area (Å²) in [5.74, 6) is 0.677. The van der Waals surface area contributed by atoms with Gasteiger partial charge in [-0.15, -0.1) is 5.76 Å². The third kappa shape index (κ3) is 5.27. The van der Waals surface area contributed by atoms with Crippen LogP contribution in [0.15, 0.2) is 94.9 Å². The van der Waals surface area contributed by atoms with Crippen molar-refractivity contribution in [2.24, 2.45) is 0 Å². The fourth-order valence-corrected chi connectivity index (χ4v) is 1.50.